The first-order valence-corrected chi connectivity index (χ1v) is 9.53. The zero-order chi connectivity index (χ0) is 17.3. The van der Waals surface area contributed by atoms with Crippen molar-refractivity contribution in [3.63, 3.8) is 0 Å². The van der Waals surface area contributed by atoms with E-state index in [1.54, 1.807) is 0 Å². The van der Waals surface area contributed by atoms with Crippen LogP contribution in [0.4, 0.5) is 0 Å². The summed E-state index contributed by atoms with van der Waals surface area (Å²) in [5, 5.41) is 20.6. The number of allylic oxidation sites excluding steroid dienone is 2. The van der Waals surface area contributed by atoms with Crippen LogP contribution >= 0.6 is 0 Å². The van der Waals surface area contributed by atoms with Gasteiger partial charge >= 0.3 is 0 Å². The van der Waals surface area contributed by atoms with Gasteiger partial charge in [0.1, 0.15) is 0 Å². The standard InChI is InChI=1S/C22H32O2/c1-15-13-17(21-19(15)11-6-12-20(21)23)9-4-7-16-8-5-10-18(14-16)22(2,3)24/h4-5,8-10,14-15,17,19-21,23-24H,6-7,11-13H2,1-3H3/t15-,17?,19?,20?,21?/m0/s1. The van der Waals surface area contributed by atoms with Crippen LogP contribution in [0.1, 0.15) is 57.6 Å². The van der Waals surface area contributed by atoms with E-state index in [9.17, 15) is 10.2 Å². The molecule has 0 aromatic heterocycles. The molecular formula is C22H32O2. The topological polar surface area (TPSA) is 40.5 Å². The van der Waals surface area contributed by atoms with Crippen molar-refractivity contribution >= 4 is 0 Å². The van der Waals surface area contributed by atoms with Crippen LogP contribution in [-0.4, -0.2) is 16.3 Å². The first kappa shape index (κ1) is 17.7. The maximum atomic E-state index is 10.4. The number of benzene rings is 1. The zero-order valence-corrected chi connectivity index (χ0v) is 15.3. The van der Waals surface area contributed by atoms with Gasteiger partial charge in [0.25, 0.3) is 0 Å². The van der Waals surface area contributed by atoms with E-state index in [-0.39, 0.29) is 6.10 Å². The normalized spacial score (nSPS) is 33.8. The molecular weight excluding hydrogens is 296 g/mol. The summed E-state index contributed by atoms with van der Waals surface area (Å²) in [5.74, 6) is 2.44. The quantitative estimate of drug-likeness (QED) is 0.802. The van der Waals surface area contributed by atoms with Crippen molar-refractivity contribution in [2.24, 2.45) is 23.7 Å². The lowest BCUT2D eigenvalue weighted by molar-refractivity contribution is 0.0278. The fourth-order valence-electron chi connectivity index (χ4n) is 4.93. The summed E-state index contributed by atoms with van der Waals surface area (Å²) in [6.45, 7) is 6.01. The molecule has 2 aliphatic rings. The van der Waals surface area contributed by atoms with Crippen molar-refractivity contribution in [3.8, 4) is 0 Å². The van der Waals surface area contributed by atoms with Crippen molar-refractivity contribution in [3.05, 3.63) is 47.5 Å². The third kappa shape index (κ3) is 3.75. The largest absolute Gasteiger partial charge is 0.393 e. The Hall–Kier alpha value is -1.12. The Balaban J connectivity index is 1.66. The number of fused-ring (bicyclic) bond motifs is 1. The van der Waals surface area contributed by atoms with Crippen molar-refractivity contribution in [1.82, 2.24) is 0 Å². The lowest BCUT2D eigenvalue weighted by Gasteiger charge is -2.34. The van der Waals surface area contributed by atoms with E-state index in [0.29, 0.717) is 17.8 Å². The minimum Gasteiger partial charge on any atom is -0.393 e. The molecule has 0 saturated heterocycles. The Morgan fingerprint density at radius 1 is 1.25 bits per heavy atom. The molecule has 24 heavy (non-hydrogen) atoms. The molecule has 2 heteroatoms. The molecule has 2 fully saturated rings. The van der Waals surface area contributed by atoms with Gasteiger partial charge in [-0.2, -0.15) is 0 Å². The van der Waals surface area contributed by atoms with E-state index < -0.39 is 5.60 Å². The fraction of sp³-hybridized carbons (Fsp3) is 0.636. The highest BCUT2D eigenvalue weighted by molar-refractivity contribution is 5.28. The minimum atomic E-state index is -0.792. The molecule has 0 heterocycles. The van der Waals surface area contributed by atoms with E-state index in [1.807, 2.05) is 26.0 Å². The van der Waals surface area contributed by atoms with Gasteiger partial charge in [-0.1, -0.05) is 49.8 Å². The zero-order valence-electron chi connectivity index (χ0n) is 15.3. The smallest absolute Gasteiger partial charge is 0.0840 e. The molecule has 3 rings (SSSR count). The van der Waals surface area contributed by atoms with Crippen LogP contribution in [0.25, 0.3) is 0 Å². The summed E-state index contributed by atoms with van der Waals surface area (Å²) in [6.07, 6.45) is 10.1. The van der Waals surface area contributed by atoms with Gasteiger partial charge in [-0.15, -0.1) is 0 Å². The second-order valence-corrected chi connectivity index (χ2v) is 8.51. The lowest BCUT2D eigenvalue weighted by Crippen LogP contribution is -2.33. The molecule has 0 aliphatic heterocycles. The highest BCUT2D eigenvalue weighted by Crippen LogP contribution is 2.49. The summed E-state index contributed by atoms with van der Waals surface area (Å²) in [5.41, 5.74) is 1.41. The summed E-state index contributed by atoms with van der Waals surface area (Å²) >= 11 is 0. The van der Waals surface area contributed by atoms with E-state index in [0.717, 1.165) is 24.3 Å². The molecule has 0 bridgehead atoms. The van der Waals surface area contributed by atoms with Gasteiger partial charge in [0.2, 0.25) is 0 Å². The average Bonchev–Trinajstić information content (AvgIpc) is 2.85. The van der Waals surface area contributed by atoms with E-state index >= 15 is 0 Å². The van der Waals surface area contributed by atoms with Gasteiger partial charge in [-0.3, -0.25) is 0 Å². The number of aliphatic hydroxyl groups is 2. The number of aliphatic hydroxyl groups excluding tert-OH is 1. The van der Waals surface area contributed by atoms with Crippen LogP contribution in [0.2, 0.25) is 0 Å². The summed E-state index contributed by atoms with van der Waals surface area (Å²) in [7, 11) is 0. The van der Waals surface area contributed by atoms with Crippen LogP contribution in [0, 0.1) is 23.7 Å². The Morgan fingerprint density at radius 2 is 2.04 bits per heavy atom. The van der Waals surface area contributed by atoms with Crippen LogP contribution in [-0.2, 0) is 12.0 Å². The average molecular weight is 328 g/mol. The third-order valence-corrected chi connectivity index (χ3v) is 6.22. The van der Waals surface area contributed by atoms with Crippen LogP contribution in [0.5, 0.6) is 0 Å². The summed E-state index contributed by atoms with van der Waals surface area (Å²) < 4.78 is 0. The number of hydrogen-bond acceptors (Lipinski definition) is 2. The van der Waals surface area contributed by atoms with E-state index in [1.165, 1.54) is 24.8 Å². The van der Waals surface area contributed by atoms with Gasteiger partial charge in [0.05, 0.1) is 11.7 Å². The highest BCUT2D eigenvalue weighted by Gasteiger charge is 2.44. The summed E-state index contributed by atoms with van der Waals surface area (Å²) in [6, 6.07) is 8.22. The Morgan fingerprint density at radius 3 is 2.79 bits per heavy atom. The molecule has 4 unspecified atom stereocenters. The Kier molecular flexibility index (Phi) is 5.17. The van der Waals surface area contributed by atoms with Crippen molar-refractivity contribution in [2.45, 2.75) is 64.6 Å². The van der Waals surface area contributed by atoms with Gasteiger partial charge in [-0.05, 0) is 74.3 Å². The summed E-state index contributed by atoms with van der Waals surface area (Å²) in [4.78, 5) is 0. The molecule has 0 radical (unpaired) electrons. The predicted octanol–water partition coefficient (Wildman–Crippen LogP) is 4.45. The van der Waals surface area contributed by atoms with Crippen molar-refractivity contribution < 1.29 is 10.2 Å². The molecule has 2 N–H and O–H groups in total. The number of hydrogen-bond donors (Lipinski definition) is 2. The number of rotatable bonds is 4. The molecule has 2 aliphatic carbocycles. The SMILES string of the molecule is C[C@H]1CC(C=CCc2cccc(C(C)(C)O)c2)C2C(O)CCCC21. The lowest BCUT2D eigenvalue weighted by atomic mass is 9.74. The van der Waals surface area contributed by atoms with Gasteiger partial charge in [-0.25, -0.2) is 0 Å². The van der Waals surface area contributed by atoms with Crippen molar-refractivity contribution in [2.75, 3.05) is 0 Å². The van der Waals surface area contributed by atoms with E-state index in [2.05, 4.69) is 31.2 Å². The van der Waals surface area contributed by atoms with Crippen molar-refractivity contribution in [1.29, 1.82) is 0 Å². The predicted molar refractivity (Wildman–Crippen MR) is 98.6 cm³/mol. The molecule has 1 aromatic rings. The molecule has 0 amide bonds. The second-order valence-electron chi connectivity index (χ2n) is 8.51. The second kappa shape index (κ2) is 7.01. The maximum absolute atomic E-state index is 10.4. The fourth-order valence-corrected chi connectivity index (χ4v) is 4.93. The van der Waals surface area contributed by atoms with Gasteiger partial charge < -0.3 is 10.2 Å². The highest BCUT2D eigenvalue weighted by atomic mass is 16.3. The molecule has 5 atom stereocenters. The Bertz CT molecular complexity index is 584. The molecule has 2 nitrogen and oxygen atoms in total. The van der Waals surface area contributed by atoms with E-state index in [4.69, 9.17) is 0 Å². The molecule has 1 aromatic carbocycles. The molecule has 2 saturated carbocycles. The minimum absolute atomic E-state index is 0.109. The third-order valence-electron chi connectivity index (χ3n) is 6.22. The monoisotopic (exact) mass is 328 g/mol. The first-order valence-electron chi connectivity index (χ1n) is 9.53. The van der Waals surface area contributed by atoms with Crippen LogP contribution < -0.4 is 0 Å². The Labute approximate surface area is 146 Å². The molecule has 0 spiro atoms. The van der Waals surface area contributed by atoms with Gasteiger partial charge in [0.15, 0.2) is 0 Å². The first-order chi connectivity index (χ1) is 11.4. The maximum Gasteiger partial charge on any atom is 0.0840 e. The van der Waals surface area contributed by atoms with Crippen LogP contribution in [0.15, 0.2) is 36.4 Å². The van der Waals surface area contributed by atoms with Gasteiger partial charge in [0, 0.05) is 0 Å². The molecule has 132 valence electrons. The van der Waals surface area contributed by atoms with Crippen LogP contribution in [0.3, 0.4) is 0 Å².